The predicted octanol–water partition coefficient (Wildman–Crippen LogP) is 1.99. The molecule has 0 aliphatic rings. The van der Waals surface area contributed by atoms with Gasteiger partial charge < -0.3 is 11.1 Å². The van der Waals surface area contributed by atoms with Crippen LogP contribution in [0.3, 0.4) is 0 Å². The molecule has 23 heavy (non-hydrogen) atoms. The number of primary amides is 1. The van der Waals surface area contributed by atoms with Crippen LogP contribution in [0.2, 0.25) is 10.0 Å². The molecule has 0 saturated carbocycles. The van der Waals surface area contributed by atoms with Gasteiger partial charge in [-0.3, -0.25) is 10.1 Å². The van der Waals surface area contributed by atoms with Gasteiger partial charge in [0.2, 0.25) is 0 Å². The zero-order valence-corrected chi connectivity index (χ0v) is 13.6. The van der Waals surface area contributed by atoms with Gasteiger partial charge in [0.05, 0.1) is 5.02 Å². The molecule has 2 rings (SSSR count). The molecule has 0 bridgehead atoms. The number of quaternary nitrogens is 1. The number of hydrogen-bond donors (Lipinski definition) is 3. The van der Waals surface area contributed by atoms with E-state index in [0.29, 0.717) is 16.6 Å². The van der Waals surface area contributed by atoms with E-state index in [1.807, 2.05) is 30.3 Å². The fourth-order valence-corrected chi connectivity index (χ4v) is 2.67. The lowest BCUT2D eigenvalue weighted by atomic mass is 10.1. The first-order chi connectivity index (χ1) is 11.0. The van der Waals surface area contributed by atoms with Crippen LogP contribution >= 0.6 is 23.2 Å². The van der Waals surface area contributed by atoms with Crippen molar-refractivity contribution >= 4 is 35.1 Å². The summed E-state index contributed by atoms with van der Waals surface area (Å²) in [5.74, 6) is -0.478. The molecular formula is C16H16Cl2N3O2+. The molecule has 7 heteroatoms. The topological polar surface area (TPSA) is 88.8 Å². The van der Waals surface area contributed by atoms with Gasteiger partial charge in [0, 0.05) is 16.1 Å². The largest absolute Gasteiger partial charge is 0.351 e. The summed E-state index contributed by atoms with van der Waals surface area (Å²) >= 11 is 12.0. The number of carbonyl (C=O) groups is 2. The Balaban J connectivity index is 2.17. The molecular weight excluding hydrogens is 337 g/mol. The number of halogens is 2. The van der Waals surface area contributed by atoms with Crippen LogP contribution in [0.25, 0.3) is 0 Å². The first-order valence-corrected chi connectivity index (χ1v) is 7.65. The van der Waals surface area contributed by atoms with Crippen LogP contribution in [-0.4, -0.2) is 11.9 Å². The maximum Gasteiger partial charge on any atom is 0.319 e. The summed E-state index contributed by atoms with van der Waals surface area (Å²) in [4.78, 5) is 23.2. The number of amides is 3. The Morgan fingerprint density at radius 1 is 1.13 bits per heavy atom. The lowest BCUT2D eigenvalue weighted by molar-refractivity contribution is -0.698. The Kier molecular flexibility index (Phi) is 5.98. The number of urea groups is 1. The van der Waals surface area contributed by atoms with E-state index in [0.717, 1.165) is 11.1 Å². The summed E-state index contributed by atoms with van der Waals surface area (Å²) in [7, 11) is 0. The number of nitrogens with two attached hydrogens (primary N) is 2. The Labute approximate surface area is 143 Å². The second-order valence-electron chi connectivity index (χ2n) is 4.92. The Hall–Kier alpha value is -2.08. The van der Waals surface area contributed by atoms with Gasteiger partial charge in [-0.1, -0.05) is 59.6 Å². The van der Waals surface area contributed by atoms with E-state index in [4.69, 9.17) is 28.9 Å². The molecule has 3 amide bonds. The average Bonchev–Trinajstić information content (AvgIpc) is 2.50. The Bertz CT molecular complexity index is 708. The minimum Gasteiger partial charge on any atom is -0.351 e. The van der Waals surface area contributed by atoms with Gasteiger partial charge in [-0.15, -0.1) is 0 Å². The third-order valence-corrected chi connectivity index (χ3v) is 3.86. The molecule has 120 valence electrons. The maximum absolute atomic E-state index is 12.2. The lowest BCUT2D eigenvalue weighted by Crippen LogP contribution is -2.86. The van der Waals surface area contributed by atoms with Gasteiger partial charge in [0.15, 0.2) is 6.04 Å². The first kappa shape index (κ1) is 17.3. The molecule has 0 fully saturated rings. The molecule has 2 aromatic carbocycles. The highest BCUT2D eigenvalue weighted by molar-refractivity contribution is 6.35. The van der Waals surface area contributed by atoms with Crippen LogP contribution in [-0.2, 0) is 11.3 Å². The van der Waals surface area contributed by atoms with Crippen molar-refractivity contribution in [3.8, 4) is 0 Å². The highest BCUT2D eigenvalue weighted by atomic mass is 35.5. The number of benzene rings is 2. The number of nitrogens with one attached hydrogen (secondary N) is 1. The van der Waals surface area contributed by atoms with Crippen LogP contribution < -0.4 is 16.4 Å². The van der Waals surface area contributed by atoms with Crippen molar-refractivity contribution in [2.75, 3.05) is 0 Å². The summed E-state index contributed by atoms with van der Waals surface area (Å²) in [6.45, 7) is 0.446. The van der Waals surface area contributed by atoms with E-state index in [-0.39, 0.29) is 0 Å². The SMILES string of the molecule is NC(=O)NC(=O)[C@@H]([NH2+]Cc1ccc(Cl)cc1Cl)c1ccccc1. The van der Waals surface area contributed by atoms with E-state index < -0.39 is 18.0 Å². The molecule has 0 heterocycles. The van der Waals surface area contributed by atoms with Crippen molar-refractivity contribution in [2.24, 2.45) is 5.73 Å². The third-order valence-electron chi connectivity index (χ3n) is 3.28. The lowest BCUT2D eigenvalue weighted by Gasteiger charge is -2.15. The molecule has 0 aliphatic carbocycles. The van der Waals surface area contributed by atoms with Gasteiger partial charge in [0.1, 0.15) is 6.54 Å². The van der Waals surface area contributed by atoms with Gasteiger partial charge in [0.25, 0.3) is 5.91 Å². The molecule has 5 N–H and O–H groups in total. The first-order valence-electron chi connectivity index (χ1n) is 6.90. The maximum atomic E-state index is 12.2. The van der Waals surface area contributed by atoms with Gasteiger partial charge in [-0.2, -0.15) is 0 Å². The monoisotopic (exact) mass is 352 g/mol. The predicted molar refractivity (Wildman–Crippen MR) is 89.0 cm³/mol. The van der Waals surface area contributed by atoms with Gasteiger partial charge >= 0.3 is 6.03 Å². The fourth-order valence-electron chi connectivity index (χ4n) is 2.19. The number of hydrogen-bond acceptors (Lipinski definition) is 2. The van der Waals surface area contributed by atoms with E-state index in [1.165, 1.54) is 0 Å². The molecule has 0 unspecified atom stereocenters. The van der Waals surface area contributed by atoms with Gasteiger partial charge in [-0.05, 0) is 12.1 Å². The van der Waals surface area contributed by atoms with Crippen molar-refractivity contribution in [3.63, 3.8) is 0 Å². The van der Waals surface area contributed by atoms with E-state index in [2.05, 4.69) is 5.32 Å². The van der Waals surface area contributed by atoms with Crippen molar-refractivity contribution < 1.29 is 14.9 Å². The smallest absolute Gasteiger partial charge is 0.319 e. The molecule has 0 aromatic heterocycles. The highest BCUT2D eigenvalue weighted by Gasteiger charge is 2.25. The zero-order valence-electron chi connectivity index (χ0n) is 12.1. The molecule has 0 radical (unpaired) electrons. The number of rotatable bonds is 5. The zero-order chi connectivity index (χ0) is 16.8. The quantitative estimate of drug-likeness (QED) is 0.768. The van der Waals surface area contributed by atoms with E-state index in [9.17, 15) is 9.59 Å². The van der Waals surface area contributed by atoms with E-state index >= 15 is 0 Å². The summed E-state index contributed by atoms with van der Waals surface area (Å²) in [6, 6.07) is 12.8. The number of imide groups is 1. The van der Waals surface area contributed by atoms with Crippen LogP contribution in [0.4, 0.5) is 4.79 Å². The summed E-state index contributed by atoms with van der Waals surface area (Å²) in [5, 5.41) is 4.97. The summed E-state index contributed by atoms with van der Waals surface area (Å²) in [5.41, 5.74) is 6.63. The molecule has 0 aliphatic heterocycles. The van der Waals surface area contributed by atoms with Gasteiger partial charge in [-0.25, -0.2) is 4.79 Å². The van der Waals surface area contributed by atoms with Crippen LogP contribution in [0, 0.1) is 0 Å². The number of carbonyl (C=O) groups excluding carboxylic acids is 2. The second-order valence-corrected chi connectivity index (χ2v) is 5.76. The van der Waals surface area contributed by atoms with Crippen molar-refractivity contribution in [2.45, 2.75) is 12.6 Å². The molecule has 1 atom stereocenters. The highest BCUT2D eigenvalue weighted by Crippen LogP contribution is 2.20. The summed E-state index contributed by atoms with van der Waals surface area (Å²) in [6.07, 6.45) is 0. The Morgan fingerprint density at radius 3 is 2.43 bits per heavy atom. The normalized spacial score (nSPS) is 11.7. The minimum atomic E-state index is -0.881. The molecule has 2 aromatic rings. The van der Waals surface area contributed by atoms with E-state index in [1.54, 1.807) is 23.5 Å². The molecule has 0 saturated heterocycles. The van der Waals surface area contributed by atoms with Crippen LogP contribution in [0.5, 0.6) is 0 Å². The van der Waals surface area contributed by atoms with Crippen molar-refractivity contribution in [1.29, 1.82) is 0 Å². The van der Waals surface area contributed by atoms with Crippen LogP contribution in [0.15, 0.2) is 48.5 Å². The third kappa shape index (κ3) is 4.96. The second kappa shape index (κ2) is 7.97. The van der Waals surface area contributed by atoms with Crippen molar-refractivity contribution in [1.82, 2.24) is 5.32 Å². The average molecular weight is 353 g/mol. The van der Waals surface area contributed by atoms with Crippen molar-refractivity contribution in [3.05, 3.63) is 69.7 Å². The fraction of sp³-hybridized carbons (Fsp3) is 0.125. The molecule has 0 spiro atoms. The standard InChI is InChI=1S/C16H15Cl2N3O2/c17-12-7-6-11(13(18)8-12)9-20-14(15(22)21-16(19)23)10-4-2-1-3-5-10/h1-8,14,20H,9H2,(H3,19,21,22,23)/p+1/t14-/m0/s1. The minimum absolute atomic E-state index is 0.446. The van der Waals surface area contributed by atoms with Crippen LogP contribution in [0.1, 0.15) is 17.2 Å². The Morgan fingerprint density at radius 2 is 1.83 bits per heavy atom. The summed E-state index contributed by atoms with van der Waals surface area (Å²) < 4.78 is 0. The molecule has 5 nitrogen and oxygen atoms in total.